The lowest BCUT2D eigenvalue weighted by atomic mass is 10.1. The number of hydrogen-bond acceptors (Lipinski definition) is 6. The summed E-state index contributed by atoms with van der Waals surface area (Å²) in [5.41, 5.74) is 0. The summed E-state index contributed by atoms with van der Waals surface area (Å²) in [6, 6.07) is 0. The van der Waals surface area contributed by atoms with Gasteiger partial charge in [-0.25, -0.2) is 0 Å². The minimum atomic E-state index is -0.202. The van der Waals surface area contributed by atoms with Crippen LogP contribution in [0, 0.1) is 0 Å². The summed E-state index contributed by atoms with van der Waals surface area (Å²) in [6.07, 6.45) is 7.99. The highest BCUT2D eigenvalue weighted by atomic mass is 16.5. The number of unbranched alkanes of at least 4 members (excludes halogenated alkanes) is 5. The van der Waals surface area contributed by atoms with Gasteiger partial charge in [0.15, 0.2) is 0 Å². The van der Waals surface area contributed by atoms with Gasteiger partial charge in [0.1, 0.15) is 0 Å². The van der Waals surface area contributed by atoms with Crippen LogP contribution in [0.15, 0.2) is 0 Å². The Balaban J connectivity index is 3.41. The molecule has 0 rings (SSSR count). The molecule has 8 nitrogen and oxygen atoms in total. The van der Waals surface area contributed by atoms with E-state index in [1.807, 2.05) is 0 Å². The third-order valence-corrected chi connectivity index (χ3v) is 4.27. The van der Waals surface area contributed by atoms with Crippen molar-refractivity contribution in [2.45, 2.75) is 77.0 Å². The van der Waals surface area contributed by atoms with E-state index in [1.54, 1.807) is 0 Å². The van der Waals surface area contributed by atoms with Gasteiger partial charge in [-0.3, -0.25) is 19.2 Å². The largest absolute Gasteiger partial charge is 0.469 e. The standard InChI is InChI=1S/C20H36N2O6/c1-27-19(25)13-5-3-9-15-21-17(23)11-7-8-12-18(24)22-16-10-4-6-14-20(26)28-2/h3-16H2,1-2H3,(H,21,23)(H,22,24). The molecule has 0 spiro atoms. The molecule has 0 saturated carbocycles. The topological polar surface area (TPSA) is 111 Å². The second kappa shape index (κ2) is 18.3. The van der Waals surface area contributed by atoms with E-state index in [1.165, 1.54) is 14.2 Å². The number of nitrogens with one attached hydrogen (secondary N) is 2. The number of ether oxygens (including phenoxy) is 2. The Kier molecular flexibility index (Phi) is 16.9. The van der Waals surface area contributed by atoms with E-state index in [9.17, 15) is 19.2 Å². The van der Waals surface area contributed by atoms with Crippen molar-refractivity contribution in [1.82, 2.24) is 10.6 Å². The molecule has 0 aliphatic heterocycles. The van der Waals surface area contributed by atoms with E-state index in [0.29, 0.717) is 51.6 Å². The fraction of sp³-hybridized carbons (Fsp3) is 0.800. The lowest BCUT2D eigenvalue weighted by molar-refractivity contribution is -0.141. The molecule has 0 aromatic rings. The van der Waals surface area contributed by atoms with Crippen LogP contribution in [0.2, 0.25) is 0 Å². The Morgan fingerprint density at radius 1 is 0.536 bits per heavy atom. The van der Waals surface area contributed by atoms with Gasteiger partial charge in [0.2, 0.25) is 11.8 Å². The highest BCUT2D eigenvalue weighted by molar-refractivity contribution is 5.77. The molecule has 0 aromatic carbocycles. The van der Waals surface area contributed by atoms with Crippen molar-refractivity contribution in [2.75, 3.05) is 27.3 Å². The first-order valence-corrected chi connectivity index (χ1v) is 10.2. The van der Waals surface area contributed by atoms with Gasteiger partial charge in [0, 0.05) is 38.8 Å². The van der Waals surface area contributed by atoms with Gasteiger partial charge < -0.3 is 20.1 Å². The first-order valence-electron chi connectivity index (χ1n) is 10.2. The van der Waals surface area contributed by atoms with Gasteiger partial charge in [-0.05, 0) is 38.5 Å². The van der Waals surface area contributed by atoms with Gasteiger partial charge in [-0.1, -0.05) is 12.8 Å². The molecule has 0 fully saturated rings. The number of carbonyl (C=O) groups excluding carboxylic acids is 4. The molecular formula is C20H36N2O6. The molecule has 28 heavy (non-hydrogen) atoms. The average Bonchev–Trinajstić information content (AvgIpc) is 2.69. The molecule has 2 amide bonds. The van der Waals surface area contributed by atoms with Gasteiger partial charge in [-0.15, -0.1) is 0 Å². The van der Waals surface area contributed by atoms with E-state index in [4.69, 9.17) is 0 Å². The van der Waals surface area contributed by atoms with Gasteiger partial charge in [0.05, 0.1) is 14.2 Å². The first kappa shape index (κ1) is 25.9. The zero-order valence-electron chi connectivity index (χ0n) is 17.3. The molecule has 0 aromatic heterocycles. The van der Waals surface area contributed by atoms with Crippen LogP contribution in [0.25, 0.3) is 0 Å². The molecule has 0 atom stereocenters. The highest BCUT2D eigenvalue weighted by Gasteiger charge is 2.05. The predicted molar refractivity (Wildman–Crippen MR) is 105 cm³/mol. The first-order chi connectivity index (χ1) is 13.5. The molecule has 8 heteroatoms. The zero-order valence-corrected chi connectivity index (χ0v) is 17.3. The Hall–Kier alpha value is -2.12. The van der Waals surface area contributed by atoms with Gasteiger partial charge >= 0.3 is 11.9 Å². The van der Waals surface area contributed by atoms with Crippen LogP contribution in [0.1, 0.15) is 77.0 Å². The van der Waals surface area contributed by atoms with Crippen molar-refractivity contribution in [3.8, 4) is 0 Å². The molecule has 0 radical (unpaired) electrons. The summed E-state index contributed by atoms with van der Waals surface area (Å²) >= 11 is 0. The number of amides is 2. The number of methoxy groups -OCH3 is 2. The van der Waals surface area contributed by atoms with Crippen molar-refractivity contribution >= 4 is 23.8 Å². The summed E-state index contributed by atoms with van der Waals surface area (Å²) < 4.78 is 9.13. The second-order valence-corrected chi connectivity index (χ2v) is 6.68. The van der Waals surface area contributed by atoms with Crippen molar-refractivity contribution in [1.29, 1.82) is 0 Å². The summed E-state index contributed by atoms with van der Waals surface area (Å²) in [4.78, 5) is 45.3. The minimum absolute atomic E-state index is 0.000943. The van der Waals surface area contributed by atoms with E-state index in [0.717, 1.165) is 38.5 Å². The Bertz CT molecular complexity index is 426. The third-order valence-electron chi connectivity index (χ3n) is 4.27. The number of rotatable bonds is 17. The molecule has 0 unspecified atom stereocenters. The van der Waals surface area contributed by atoms with Crippen LogP contribution >= 0.6 is 0 Å². The smallest absolute Gasteiger partial charge is 0.305 e. The van der Waals surface area contributed by atoms with E-state index < -0.39 is 0 Å². The Morgan fingerprint density at radius 3 is 1.25 bits per heavy atom. The van der Waals surface area contributed by atoms with Crippen LogP contribution in [-0.2, 0) is 28.7 Å². The normalized spacial score (nSPS) is 10.2. The monoisotopic (exact) mass is 400 g/mol. The van der Waals surface area contributed by atoms with Crippen LogP contribution in [0.5, 0.6) is 0 Å². The van der Waals surface area contributed by atoms with Crippen molar-refractivity contribution in [3.05, 3.63) is 0 Å². The average molecular weight is 401 g/mol. The number of esters is 2. The van der Waals surface area contributed by atoms with E-state index in [2.05, 4.69) is 20.1 Å². The van der Waals surface area contributed by atoms with Crippen molar-refractivity contribution < 1.29 is 28.7 Å². The molecule has 162 valence electrons. The lowest BCUT2D eigenvalue weighted by Gasteiger charge is -2.06. The maximum atomic E-state index is 11.7. The molecular weight excluding hydrogens is 364 g/mol. The van der Waals surface area contributed by atoms with Crippen molar-refractivity contribution in [3.63, 3.8) is 0 Å². The SMILES string of the molecule is COC(=O)CCCCCNC(=O)CCCCC(=O)NCCCCCC(=O)OC. The van der Waals surface area contributed by atoms with Crippen LogP contribution in [0.3, 0.4) is 0 Å². The second-order valence-electron chi connectivity index (χ2n) is 6.68. The maximum Gasteiger partial charge on any atom is 0.305 e. The highest BCUT2D eigenvalue weighted by Crippen LogP contribution is 2.03. The molecule has 2 N–H and O–H groups in total. The van der Waals surface area contributed by atoms with Gasteiger partial charge in [0.25, 0.3) is 0 Å². The van der Waals surface area contributed by atoms with E-state index >= 15 is 0 Å². The van der Waals surface area contributed by atoms with Crippen LogP contribution < -0.4 is 10.6 Å². The maximum absolute atomic E-state index is 11.7. The Morgan fingerprint density at radius 2 is 0.893 bits per heavy atom. The molecule has 0 bridgehead atoms. The summed E-state index contributed by atoms with van der Waals surface area (Å²) in [7, 11) is 2.75. The fourth-order valence-electron chi connectivity index (χ4n) is 2.55. The van der Waals surface area contributed by atoms with Gasteiger partial charge in [-0.2, -0.15) is 0 Å². The minimum Gasteiger partial charge on any atom is -0.469 e. The summed E-state index contributed by atoms with van der Waals surface area (Å²) in [5, 5.41) is 5.70. The lowest BCUT2D eigenvalue weighted by Crippen LogP contribution is -2.25. The van der Waals surface area contributed by atoms with Crippen LogP contribution in [0.4, 0.5) is 0 Å². The number of carbonyl (C=O) groups is 4. The predicted octanol–water partition coefficient (Wildman–Crippen LogP) is 2.25. The third kappa shape index (κ3) is 17.3. The summed E-state index contributed by atoms with van der Waals surface area (Å²) in [5.74, 6) is -0.406. The molecule has 0 heterocycles. The molecule has 0 aliphatic rings. The van der Waals surface area contributed by atoms with Crippen LogP contribution in [-0.4, -0.2) is 51.1 Å². The quantitative estimate of drug-likeness (QED) is 0.286. The fourth-order valence-corrected chi connectivity index (χ4v) is 2.55. The summed E-state index contributed by atoms with van der Waals surface area (Å²) in [6.45, 7) is 1.22. The number of hydrogen-bond donors (Lipinski definition) is 2. The van der Waals surface area contributed by atoms with E-state index in [-0.39, 0.29) is 23.8 Å². The zero-order chi connectivity index (χ0) is 21.0. The molecule has 0 saturated heterocycles. The van der Waals surface area contributed by atoms with Crippen molar-refractivity contribution in [2.24, 2.45) is 0 Å². The Labute approximate surface area is 168 Å². The molecule has 0 aliphatic carbocycles.